The van der Waals surface area contributed by atoms with E-state index in [1.54, 1.807) is 6.20 Å². The summed E-state index contributed by atoms with van der Waals surface area (Å²) in [7, 11) is 0. The van der Waals surface area contributed by atoms with E-state index in [-0.39, 0.29) is 18.1 Å². The van der Waals surface area contributed by atoms with Crippen molar-refractivity contribution in [1.82, 2.24) is 24.6 Å². The number of likely N-dealkylation sites (tertiary alicyclic amines) is 1. The van der Waals surface area contributed by atoms with Gasteiger partial charge in [0.2, 0.25) is 5.95 Å². The van der Waals surface area contributed by atoms with E-state index < -0.39 is 11.7 Å². The molecule has 0 saturated carbocycles. The summed E-state index contributed by atoms with van der Waals surface area (Å²) in [6.07, 6.45) is 2.60. The van der Waals surface area contributed by atoms with Gasteiger partial charge in [0.15, 0.2) is 0 Å². The number of halogens is 3. The molecule has 0 radical (unpaired) electrons. The number of nitrogens with zero attached hydrogens (tertiary/aromatic N) is 5. The first kappa shape index (κ1) is 23.2. The molecule has 2 aromatic heterocycles. The fraction of sp³-hybridized carbons (Fsp3) is 0.458. The van der Waals surface area contributed by atoms with Crippen LogP contribution in [0.3, 0.4) is 0 Å². The van der Waals surface area contributed by atoms with E-state index in [0.29, 0.717) is 18.2 Å². The molecule has 1 N–H and O–H groups in total. The van der Waals surface area contributed by atoms with Crippen LogP contribution < -0.4 is 5.32 Å². The van der Waals surface area contributed by atoms with Crippen molar-refractivity contribution in [2.24, 2.45) is 0 Å². The van der Waals surface area contributed by atoms with Crippen LogP contribution in [0.4, 0.5) is 24.8 Å². The van der Waals surface area contributed by atoms with Crippen LogP contribution in [0.25, 0.3) is 0 Å². The van der Waals surface area contributed by atoms with Gasteiger partial charge in [0.25, 0.3) is 0 Å². The average molecular weight is 459 g/mol. The van der Waals surface area contributed by atoms with E-state index in [2.05, 4.69) is 32.2 Å². The van der Waals surface area contributed by atoms with Gasteiger partial charge in [0, 0.05) is 25.5 Å². The van der Waals surface area contributed by atoms with Gasteiger partial charge in [0.1, 0.15) is 0 Å². The first-order valence-electron chi connectivity index (χ1n) is 11.3. The van der Waals surface area contributed by atoms with Crippen molar-refractivity contribution in [3.8, 4) is 0 Å². The number of nitrogens with one attached hydrogen (secondary N) is 1. The second-order valence-corrected chi connectivity index (χ2v) is 8.48. The number of aryl methyl sites for hydroxylation is 3. The third-order valence-corrected chi connectivity index (χ3v) is 6.30. The smallest absolute Gasteiger partial charge is 0.321 e. The first-order valence-corrected chi connectivity index (χ1v) is 11.3. The Balaban J connectivity index is 1.49. The number of alkyl halides is 3. The number of anilines is 2. The molecular formula is C24H29F3N6. The lowest BCUT2D eigenvalue weighted by atomic mass is 10.0. The van der Waals surface area contributed by atoms with Crippen LogP contribution in [0.5, 0.6) is 0 Å². The predicted octanol–water partition coefficient (Wildman–Crippen LogP) is 5.19. The van der Waals surface area contributed by atoms with Gasteiger partial charge in [-0.2, -0.15) is 18.3 Å². The Morgan fingerprint density at radius 2 is 1.85 bits per heavy atom. The number of benzene rings is 1. The average Bonchev–Trinajstić information content (AvgIpc) is 3.26. The van der Waals surface area contributed by atoms with Crippen LogP contribution in [-0.2, 0) is 19.0 Å². The number of aromatic nitrogens is 4. The lowest BCUT2D eigenvalue weighted by Gasteiger charge is -2.31. The van der Waals surface area contributed by atoms with E-state index in [1.165, 1.54) is 0 Å². The second-order valence-electron chi connectivity index (χ2n) is 8.48. The zero-order valence-electron chi connectivity index (χ0n) is 18.9. The van der Waals surface area contributed by atoms with Crippen LogP contribution in [0.1, 0.15) is 48.2 Å². The van der Waals surface area contributed by atoms with Gasteiger partial charge in [-0.15, -0.1) is 0 Å². The Labute approximate surface area is 191 Å². The summed E-state index contributed by atoms with van der Waals surface area (Å²) >= 11 is 0. The lowest BCUT2D eigenvalue weighted by Crippen LogP contribution is -2.34. The van der Waals surface area contributed by atoms with Gasteiger partial charge in [0.05, 0.1) is 29.2 Å². The minimum absolute atomic E-state index is 0.0115. The number of hydrogen-bond donors (Lipinski definition) is 1. The molecule has 0 aliphatic carbocycles. The SMILES string of the molecule is CCN1CCC(n2cc(Nc3ncc(C(F)(F)F)c(CCc4ccccc4C)n3)cn2)CC1. The molecule has 33 heavy (non-hydrogen) atoms. The standard InChI is InChI=1S/C24H29F3N6/c1-3-32-12-10-20(11-13-32)33-16-19(14-29-33)30-23-28-15-21(24(25,26)27)22(31-23)9-8-18-7-5-4-6-17(18)2/h4-7,14-16,20H,3,8-13H2,1-2H3,(H,28,30,31). The summed E-state index contributed by atoms with van der Waals surface area (Å²) in [5, 5.41) is 7.48. The van der Waals surface area contributed by atoms with Crippen molar-refractivity contribution in [1.29, 1.82) is 0 Å². The summed E-state index contributed by atoms with van der Waals surface area (Å²) in [5.74, 6) is 0.142. The van der Waals surface area contributed by atoms with Gasteiger partial charge in [-0.3, -0.25) is 4.68 Å². The molecule has 1 aliphatic rings. The Bertz CT molecular complexity index is 1070. The van der Waals surface area contributed by atoms with Crippen molar-refractivity contribution in [2.45, 2.75) is 51.7 Å². The molecule has 176 valence electrons. The third-order valence-electron chi connectivity index (χ3n) is 6.30. The molecule has 1 saturated heterocycles. The maximum absolute atomic E-state index is 13.6. The highest BCUT2D eigenvalue weighted by molar-refractivity contribution is 5.51. The summed E-state index contributed by atoms with van der Waals surface area (Å²) in [5.41, 5.74) is 1.92. The van der Waals surface area contributed by atoms with E-state index >= 15 is 0 Å². The van der Waals surface area contributed by atoms with E-state index in [1.807, 2.05) is 42.1 Å². The zero-order valence-corrected chi connectivity index (χ0v) is 18.9. The van der Waals surface area contributed by atoms with Gasteiger partial charge < -0.3 is 10.2 Å². The molecule has 4 rings (SSSR count). The van der Waals surface area contributed by atoms with Gasteiger partial charge in [-0.25, -0.2) is 9.97 Å². The summed E-state index contributed by atoms with van der Waals surface area (Å²) in [6, 6.07) is 8.02. The van der Waals surface area contributed by atoms with Crippen LogP contribution >= 0.6 is 0 Å². The monoisotopic (exact) mass is 458 g/mol. The first-order chi connectivity index (χ1) is 15.8. The van der Waals surface area contributed by atoms with Crippen molar-refractivity contribution in [2.75, 3.05) is 25.0 Å². The zero-order chi connectivity index (χ0) is 23.4. The molecule has 1 aliphatic heterocycles. The lowest BCUT2D eigenvalue weighted by molar-refractivity contribution is -0.138. The highest BCUT2D eigenvalue weighted by Gasteiger charge is 2.35. The van der Waals surface area contributed by atoms with E-state index in [9.17, 15) is 13.2 Å². The van der Waals surface area contributed by atoms with Crippen LogP contribution in [-0.4, -0.2) is 44.3 Å². The molecule has 0 spiro atoms. The van der Waals surface area contributed by atoms with Crippen molar-refractivity contribution >= 4 is 11.6 Å². The van der Waals surface area contributed by atoms with Crippen LogP contribution in [0.15, 0.2) is 42.9 Å². The largest absolute Gasteiger partial charge is 0.419 e. The molecule has 9 heteroatoms. The van der Waals surface area contributed by atoms with Crippen molar-refractivity contribution in [3.63, 3.8) is 0 Å². The fourth-order valence-electron chi connectivity index (χ4n) is 4.28. The number of rotatable bonds is 7. The Hall–Kier alpha value is -2.94. The molecular weight excluding hydrogens is 429 g/mol. The Morgan fingerprint density at radius 1 is 1.09 bits per heavy atom. The quantitative estimate of drug-likeness (QED) is 0.528. The van der Waals surface area contributed by atoms with Crippen molar-refractivity contribution in [3.05, 3.63) is 65.2 Å². The highest BCUT2D eigenvalue weighted by Crippen LogP contribution is 2.32. The van der Waals surface area contributed by atoms with E-state index in [4.69, 9.17) is 0 Å². The van der Waals surface area contributed by atoms with Crippen LogP contribution in [0, 0.1) is 6.92 Å². The molecule has 3 heterocycles. The molecule has 6 nitrogen and oxygen atoms in total. The normalized spacial score (nSPS) is 15.7. The molecule has 0 amide bonds. The third kappa shape index (κ3) is 5.71. The second kappa shape index (κ2) is 9.91. The molecule has 0 atom stereocenters. The Kier molecular flexibility index (Phi) is 6.97. The molecule has 1 fully saturated rings. The highest BCUT2D eigenvalue weighted by atomic mass is 19.4. The van der Waals surface area contributed by atoms with Crippen molar-refractivity contribution < 1.29 is 13.2 Å². The summed E-state index contributed by atoms with van der Waals surface area (Å²) in [6.45, 7) is 7.24. The molecule has 1 aromatic carbocycles. The maximum atomic E-state index is 13.6. The minimum atomic E-state index is -4.50. The van der Waals surface area contributed by atoms with Gasteiger partial charge in [-0.1, -0.05) is 31.2 Å². The topological polar surface area (TPSA) is 58.9 Å². The Morgan fingerprint density at radius 3 is 2.55 bits per heavy atom. The predicted molar refractivity (Wildman–Crippen MR) is 122 cm³/mol. The molecule has 0 unspecified atom stereocenters. The number of piperidine rings is 1. The summed E-state index contributed by atoms with van der Waals surface area (Å²) in [4.78, 5) is 10.6. The molecule has 3 aromatic rings. The van der Waals surface area contributed by atoms with Crippen LogP contribution in [0.2, 0.25) is 0 Å². The van der Waals surface area contributed by atoms with Gasteiger partial charge in [-0.05, 0) is 50.3 Å². The fourth-order valence-corrected chi connectivity index (χ4v) is 4.28. The minimum Gasteiger partial charge on any atom is -0.321 e. The number of hydrogen-bond acceptors (Lipinski definition) is 5. The summed E-state index contributed by atoms with van der Waals surface area (Å²) < 4.78 is 42.6. The molecule has 0 bridgehead atoms. The van der Waals surface area contributed by atoms with E-state index in [0.717, 1.165) is 49.8 Å². The van der Waals surface area contributed by atoms with Gasteiger partial charge >= 0.3 is 6.18 Å². The maximum Gasteiger partial charge on any atom is 0.419 e.